The van der Waals surface area contributed by atoms with Crippen LogP contribution in [0.15, 0.2) is 30.3 Å². The molecule has 0 aliphatic heterocycles. The number of carbonyl (C=O) groups is 1. The first-order chi connectivity index (χ1) is 9.31. The highest BCUT2D eigenvalue weighted by Gasteiger charge is 2.28. The first-order valence-corrected chi connectivity index (χ1v) is 7.58. The summed E-state index contributed by atoms with van der Waals surface area (Å²) in [5, 5.41) is 0. The molecule has 1 saturated carbocycles. The number of benzene rings is 1. The fourth-order valence-corrected chi connectivity index (χ4v) is 3.21. The summed E-state index contributed by atoms with van der Waals surface area (Å²) in [6.45, 7) is 0.676. The van der Waals surface area contributed by atoms with Crippen LogP contribution in [-0.4, -0.2) is 12.3 Å². The van der Waals surface area contributed by atoms with Gasteiger partial charge in [-0.2, -0.15) is 0 Å². The smallest absolute Gasteiger partial charge is 0.136 e. The molecule has 0 bridgehead atoms. The first kappa shape index (κ1) is 14.3. The van der Waals surface area contributed by atoms with Gasteiger partial charge in [0.15, 0.2) is 0 Å². The second kappa shape index (κ2) is 7.44. The van der Waals surface area contributed by atoms with E-state index in [1.54, 1.807) is 0 Å². The highest BCUT2D eigenvalue weighted by atomic mass is 16.1. The van der Waals surface area contributed by atoms with Crippen LogP contribution in [0.1, 0.15) is 44.1 Å². The molecule has 1 aliphatic rings. The van der Waals surface area contributed by atoms with Crippen LogP contribution in [0, 0.1) is 11.8 Å². The van der Waals surface area contributed by atoms with Gasteiger partial charge in [0, 0.05) is 12.3 Å². The summed E-state index contributed by atoms with van der Waals surface area (Å²) in [4.78, 5) is 12.3. The van der Waals surface area contributed by atoms with E-state index in [1.165, 1.54) is 18.4 Å². The van der Waals surface area contributed by atoms with Gasteiger partial charge < -0.3 is 5.73 Å². The maximum atomic E-state index is 12.3. The Balaban J connectivity index is 1.77. The summed E-state index contributed by atoms with van der Waals surface area (Å²) in [6, 6.07) is 10.4. The van der Waals surface area contributed by atoms with Gasteiger partial charge in [-0.15, -0.1) is 0 Å². The summed E-state index contributed by atoms with van der Waals surface area (Å²) in [7, 11) is 0. The molecule has 2 rings (SSSR count). The Kier molecular flexibility index (Phi) is 5.59. The minimum absolute atomic E-state index is 0.245. The van der Waals surface area contributed by atoms with E-state index in [2.05, 4.69) is 24.3 Å². The zero-order valence-corrected chi connectivity index (χ0v) is 11.7. The van der Waals surface area contributed by atoms with Crippen LogP contribution in [0.4, 0.5) is 0 Å². The second-order valence-electron chi connectivity index (χ2n) is 5.69. The zero-order chi connectivity index (χ0) is 13.5. The van der Waals surface area contributed by atoms with Crippen molar-refractivity contribution in [1.82, 2.24) is 0 Å². The molecule has 0 amide bonds. The van der Waals surface area contributed by atoms with Gasteiger partial charge in [-0.1, -0.05) is 43.2 Å². The van der Waals surface area contributed by atoms with E-state index in [1.807, 2.05) is 6.07 Å². The van der Waals surface area contributed by atoms with Crippen LogP contribution in [0.3, 0.4) is 0 Å². The van der Waals surface area contributed by atoms with E-state index in [9.17, 15) is 4.79 Å². The lowest BCUT2D eigenvalue weighted by molar-refractivity contribution is -0.125. The third-order valence-corrected chi connectivity index (χ3v) is 4.36. The Labute approximate surface area is 116 Å². The van der Waals surface area contributed by atoms with Crippen molar-refractivity contribution in [2.75, 3.05) is 6.54 Å². The molecule has 0 heterocycles. The van der Waals surface area contributed by atoms with Gasteiger partial charge in [0.05, 0.1) is 0 Å². The Morgan fingerprint density at radius 3 is 2.63 bits per heavy atom. The number of rotatable bonds is 6. The molecular formula is C17H25NO. The third-order valence-electron chi connectivity index (χ3n) is 4.36. The topological polar surface area (TPSA) is 43.1 Å². The lowest BCUT2D eigenvalue weighted by atomic mass is 9.76. The molecule has 0 radical (unpaired) electrons. The molecule has 0 saturated heterocycles. The Hall–Kier alpha value is -1.15. The third kappa shape index (κ3) is 4.17. The van der Waals surface area contributed by atoms with Crippen LogP contribution in [-0.2, 0) is 11.2 Å². The monoisotopic (exact) mass is 259 g/mol. The predicted molar refractivity (Wildman–Crippen MR) is 78.9 cm³/mol. The van der Waals surface area contributed by atoms with Crippen molar-refractivity contribution in [3.63, 3.8) is 0 Å². The average Bonchev–Trinajstić information content (AvgIpc) is 2.48. The molecule has 1 fully saturated rings. The lowest BCUT2D eigenvalue weighted by Gasteiger charge is -2.29. The molecule has 2 atom stereocenters. The van der Waals surface area contributed by atoms with Gasteiger partial charge in [-0.3, -0.25) is 4.79 Å². The van der Waals surface area contributed by atoms with Gasteiger partial charge >= 0.3 is 0 Å². The standard InChI is InChI=1S/C17H25NO/c18-13-15-10-4-5-11-16(15)17(19)12-6-9-14-7-2-1-3-8-14/h1-3,7-8,15-16H,4-6,9-13,18H2. The van der Waals surface area contributed by atoms with Gasteiger partial charge in [0.25, 0.3) is 0 Å². The number of nitrogens with two attached hydrogens (primary N) is 1. The summed E-state index contributed by atoms with van der Waals surface area (Å²) >= 11 is 0. The quantitative estimate of drug-likeness (QED) is 0.851. The van der Waals surface area contributed by atoms with Crippen LogP contribution in [0.25, 0.3) is 0 Å². The maximum absolute atomic E-state index is 12.3. The highest BCUT2D eigenvalue weighted by Crippen LogP contribution is 2.31. The van der Waals surface area contributed by atoms with Crippen LogP contribution >= 0.6 is 0 Å². The molecule has 0 aromatic heterocycles. The van der Waals surface area contributed by atoms with Crippen LogP contribution in [0.5, 0.6) is 0 Å². The Bertz CT molecular complexity index is 388. The molecule has 0 spiro atoms. The maximum Gasteiger partial charge on any atom is 0.136 e. The second-order valence-corrected chi connectivity index (χ2v) is 5.69. The molecule has 2 N–H and O–H groups in total. The minimum Gasteiger partial charge on any atom is -0.330 e. The van der Waals surface area contributed by atoms with Gasteiger partial charge in [-0.25, -0.2) is 0 Å². The number of hydrogen-bond acceptors (Lipinski definition) is 2. The van der Waals surface area contributed by atoms with Crippen molar-refractivity contribution < 1.29 is 4.79 Å². The molecule has 2 unspecified atom stereocenters. The average molecular weight is 259 g/mol. The SMILES string of the molecule is NCC1CCCCC1C(=O)CCCc1ccccc1. The highest BCUT2D eigenvalue weighted by molar-refractivity contribution is 5.81. The number of Topliss-reactive ketones (excluding diaryl/α,β-unsaturated/α-hetero) is 1. The van der Waals surface area contributed by atoms with Crippen molar-refractivity contribution in [3.05, 3.63) is 35.9 Å². The van der Waals surface area contributed by atoms with Crippen molar-refractivity contribution in [2.45, 2.75) is 44.9 Å². The molecule has 2 heteroatoms. The Morgan fingerprint density at radius 1 is 1.16 bits per heavy atom. The zero-order valence-electron chi connectivity index (χ0n) is 11.7. The van der Waals surface area contributed by atoms with Gasteiger partial charge in [-0.05, 0) is 43.7 Å². The van der Waals surface area contributed by atoms with E-state index in [0.29, 0.717) is 18.2 Å². The normalized spacial score (nSPS) is 23.2. The fraction of sp³-hybridized carbons (Fsp3) is 0.588. The summed E-state index contributed by atoms with van der Waals surface area (Å²) in [6.07, 6.45) is 7.35. The van der Waals surface area contributed by atoms with E-state index >= 15 is 0 Å². The van der Waals surface area contributed by atoms with E-state index < -0.39 is 0 Å². The molecule has 19 heavy (non-hydrogen) atoms. The van der Waals surface area contributed by atoms with Crippen molar-refractivity contribution >= 4 is 5.78 Å². The Morgan fingerprint density at radius 2 is 1.89 bits per heavy atom. The van der Waals surface area contributed by atoms with Crippen molar-refractivity contribution in [1.29, 1.82) is 0 Å². The summed E-state index contributed by atoms with van der Waals surface area (Å²) in [5.74, 6) is 1.14. The van der Waals surface area contributed by atoms with E-state index in [0.717, 1.165) is 32.1 Å². The lowest BCUT2D eigenvalue weighted by Crippen LogP contribution is -2.32. The molecule has 1 aliphatic carbocycles. The molecule has 1 aromatic rings. The van der Waals surface area contributed by atoms with Crippen molar-refractivity contribution in [2.24, 2.45) is 17.6 Å². The molecule has 104 valence electrons. The van der Waals surface area contributed by atoms with Crippen LogP contribution < -0.4 is 5.73 Å². The summed E-state index contributed by atoms with van der Waals surface area (Å²) < 4.78 is 0. The van der Waals surface area contributed by atoms with E-state index in [4.69, 9.17) is 5.73 Å². The number of carbonyl (C=O) groups excluding carboxylic acids is 1. The minimum atomic E-state index is 0.245. The van der Waals surface area contributed by atoms with E-state index in [-0.39, 0.29) is 5.92 Å². The van der Waals surface area contributed by atoms with Gasteiger partial charge in [0.2, 0.25) is 0 Å². The molecule has 1 aromatic carbocycles. The van der Waals surface area contributed by atoms with Crippen LogP contribution in [0.2, 0.25) is 0 Å². The summed E-state index contributed by atoms with van der Waals surface area (Å²) in [5.41, 5.74) is 7.13. The number of ketones is 1. The van der Waals surface area contributed by atoms with Crippen molar-refractivity contribution in [3.8, 4) is 0 Å². The largest absolute Gasteiger partial charge is 0.330 e. The number of hydrogen-bond donors (Lipinski definition) is 1. The molecular weight excluding hydrogens is 234 g/mol. The first-order valence-electron chi connectivity index (χ1n) is 7.58. The van der Waals surface area contributed by atoms with Gasteiger partial charge in [0.1, 0.15) is 5.78 Å². The predicted octanol–water partition coefficient (Wildman–Crippen LogP) is 3.34. The number of aryl methyl sites for hydroxylation is 1. The fourth-order valence-electron chi connectivity index (χ4n) is 3.21. The molecule has 2 nitrogen and oxygen atoms in total.